The first-order chi connectivity index (χ1) is 23.2. The van der Waals surface area contributed by atoms with Crippen LogP contribution in [0.3, 0.4) is 0 Å². The van der Waals surface area contributed by atoms with Gasteiger partial charge in [0.1, 0.15) is 12.1 Å². The average molecular weight is 676 g/mol. The van der Waals surface area contributed by atoms with E-state index < -0.39 is 6.04 Å². The van der Waals surface area contributed by atoms with Gasteiger partial charge in [-0.05, 0) is 105 Å². The van der Waals surface area contributed by atoms with Crippen molar-refractivity contribution in [3.63, 3.8) is 0 Å². The molecule has 0 aromatic heterocycles. The number of carbonyl (C=O) groups excluding carboxylic acids is 1. The highest BCUT2D eigenvalue weighted by molar-refractivity contribution is 5.76. The van der Waals surface area contributed by atoms with Gasteiger partial charge in [-0.2, -0.15) is 0 Å². The van der Waals surface area contributed by atoms with Crippen molar-refractivity contribution >= 4 is 5.97 Å². The summed E-state index contributed by atoms with van der Waals surface area (Å²) in [5.74, 6) is -0.311. The largest absolute Gasteiger partial charge is 0.461 e. The van der Waals surface area contributed by atoms with Crippen molar-refractivity contribution in [2.45, 2.75) is 252 Å². The number of allylic oxidation sites excluding steroid dienone is 4. The maximum Gasteiger partial charge on any atom is 0.325 e. The standard InChI is InChI=1S/C44H85NO3/c1-7-9-11-13-15-17-19-21-23-25-27-29-31-33-35-37-39-41(47-43(46)42(45)40(3)48-44(4,5)6)38-36-34-32-30-28-26-24-22-20-18-16-14-12-10-8-2/h21-24,40-42H,7-20,25-39,45H2,1-6H3/b23-21-,24-22-. The molecule has 284 valence electrons. The molecular weight excluding hydrogens is 590 g/mol. The minimum absolute atomic E-state index is 0.0351. The number of hydrogen-bond donors (Lipinski definition) is 1. The predicted molar refractivity (Wildman–Crippen MR) is 212 cm³/mol. The highest BCUT2D eigenvalue weighted by Crippen LogP contribution is 2.20. The van der Waals surface area contributed by atoms with Crippen LogP contribution in [0.25, 0.3) is 0 Å². The summed E-state index contributed by atoms with van der Waals surface area (Å²) in [5.41, 5.74) is 5.94. The van der Waals surface area contributed by atoms with Gasteiger partial charge in [-0.15, -0.1) is 0 Å². The zero-order chi connectivity index (χ0) is 35.6. The number of nitrogens with two attached hydrogens (primary N) is 1. The number of hydrogen-bond acceptors (Lipinski definition) is 4. The van der Waals surface area contributed by atoms with Crippen molar-refractivity contribution in [2.75, 3.05) is 0 Å². The van der Waals surface area contributed by atoms with Crippen molar-refractivity contribution in [2.24, 2.45) is 5.73 Å². The van der Waals surface area contributed by atoms with E-state index in [9.17, 15) is 4.79 Å². The quantitative estimate of drug-likeness (QED) is 0.0412. The van der Waals surface area contributed by atoms with Crippen LogP contribution >= 0.6 is 0 Å². The lowest BCUT2D eigenvalue weighted by atomic mass is 10.0. The molecule has 3 unspecified atom stereocenters. The molecule has 0 aliphatic carbocycles. The molecule has 0 radical (unpaired) electrons. The topological polar surface area (TPSA) is 61.5 Å². The normalized spacial score (nSPS) is 14.2. The number of esters is 1. The van der Waals surface area contributed by atoms with E-state index in [2.05, 4.69) is 38.2 Å². The van der Waals surface area contributed by atoms with E-state index in [1.165, 1.54) is 161 Å². The molecule has 0 aromatic carbocycles. The number of rotatable bonds is 35. The van der Waals surface area contributed by atoms with Gasteiger partial charge in [-0.25, -0.2) is 0 Å². The third kappa shape index (κ3) is 33.4. The van der Waals surface area contributed by atoms with E-state index in [4.69, 9.17) is 15.2 Å². The minimum Gasteiger partial charge on any atom is -0.461 e. The first-order valence-corrected chi connectivity index (χ1v) is 21.1. The van der Waals surface area contributed by atoms with Crippen molar-refractivity contribution in [3.05, 3.63) is 24.3 Å². The third-order valence-electron chi connectivity index (χ3n) is 9.43. The van der Waals surface area contributed by atoms with Crippen LogP contribution in [0.15, 0.2) is 24.3 Å². The first kappa shape index (κ1) is 46.9. The van der Waals surface area contributed by atoms with Crippen LogP contribution in [-0.4, -0.2) is 29.8 Å². The summed E-state index contributed by atoms with van der Waals surface area (Å²) in [6, 6.07) is -0.749. The zero-order valence-electron chi connectivity index (χ0n) is 33.3. The molecule has 4 heteroatoms. The summed E-state index contributed by atoms with van der Waals surface area (Å²) in [7, 11) is 0. The Labute approximate surface area is 301 Å². The fraction of sp³-hybridized carbons (Fsp3) is 0.886. The molecule has 0 saturated carbocycles. The molecule has 2 N–H and O–H groups in total. The van der Waals surface area contributed by atoms with Crippen molar-refractivity contribution in [1.82, 2.24) is 0 Å². The second kappa shape index (κ2) is 34.3. The second-order valence-electron chi connectivity index (χ2n) is 15.6. The average Bonchev–Trinajstić information content (AvgIpc) is 3.04. The molecule has 0 aliphatic rings. The molecule has 4 nitrogen and oxygen atoms in total. The zero-order valence-corrected chi connectivity index (χ0v) is 33.3. The van der Waals surface area contributed by atoms with E-state index in [-0.39, 0.29) is 23.8 Å². The molecule has 0 aliphatic heterocycles. The molecule has 0 amide bonds. The molecule has 0 aromatic rings. The van der Waals surface area contributed by atoms with Crippen molar-refractivity contribution in [3.8, 4) is 0 Å². The lowest BCUT2D eigenvalue weighted by Crippen LogP contribution is -2.46. The summed E-state index contributed by atoms with van der Waals surface area (Å²) in [6.07, 6.45) is 46.2. The molecule has 0 heterocycles. The van der Waals surface area contributed by atoms with Gasteiger partial charge in [0.2, 0.25) is 0 Å². The van der Waals surface area contributed by atoms with E-state index in [0.717, 1.165) is 25.7 Å². The van der Waals surface area contributed by atoms with Gasteiger partial charge in [0.15, 0.2) is 0 Å². The lowest BCUT2D eigenvalue weighted by molar-refractivity contribution is -0.158. The third-order valence-corrected chi connectivity index (χ3v) is 9.43. The summed E-state index contributed by atoms with van der Waals surface area (Å²) < 4.78 is 12.0. The van der Waals surface area contributed by atoms with E-state index in [0.29, 0.717) is 0 Å². The molecule has 0 rings (SSSR count). The Morgan fingerprint density at radius 2 is 0.854 bits per heavy atom. The van der Waals surface area contributed by atoms with Crippen LogP contribution < -0.4 is 5.73 Å². The summed E-state index contributed by atoms with van der Waals surface area (Å²) in [5, 5.41) is 0. The fourth-order valence-corrected chi connectivity index (χ4v) is 6.39. The maximum atomic E-state index is 13.0. The highest BCUT2D eigenvalue weighted by atomic mass is 16.6. The molecule has 0 fully saturated rings. The Balaban J connectivity index is 4.26. The van der Waals surface area contributed by atoms with Crippen LogP contribution in [0.1, 0.15) is 228 Å². The van der Waals surface area contributed by atoms with E-state index >= 15 is 0 Å². The van der Waals surface area contributed by atoms with Gasteiger partial charge in [0.05, 0.1) is 11.7 Å². The Hall–Kier alpha value is -1.13. The maximum absolute atomic E-state index is 13.0. The molecule has 0 saturated heterocycles. The first-order valence-electron chi connectivity index (χ1n) is 21.1. The molecule has 3 atom stereocenters. The Kier molecular flexibility index (Phi) is 33.5. The Bertz CT molecular complexity index is 740. The molecular formula is C44H85NO3. The number of unbranched alkanes of at least 4 members (excludes halogenated alkanes) is 23. The summed E-state index contributed by atoms with van der Waals surface area (Å²) in [4.78, 5) is 13.0. The second-order valence-corrected chi connectivity index (χ2v) is 15.6. The number of carbonyl (C=O) groups is 1. The fourth-order valence-electron chi connectivity index (χ4n) is 6.39. The van der Waals surface area contributed by atoms with Gasteiger partial charge < -0.3 is 15.2 Å². The predicted octanol–water partition coefficient (Wildman–Crippen LogP) is 13.9. The van der Waals surface area contributed by atoms with E-state index in [1.54, 1.807) is 0 Å². The van der Waals surface area contributed by atoms with Gasteiger partial charge >= 0.3 is 5.97 Å². The SMILES string of the molecule is CCCCCCCC/C=C\CCCCCCCCC(CCCCCCC/C=C\CCCCCCCC)OC(=O)C(N)C(C)OC(C)(C)C. The smallest absolute Gasteiger partial charge is 0.325 e. The highest BCUT2D eigenvalue weighted by Gasteiger charge is 2.28. The minimum atomic E-state index is -0.749. The summed E-state index contributed by atoms with van der Waals surface area (Å²) in [6.45, 7) is 12.4. The molecule has 0 spiro atoms. The molecule has 0 bridgehead atoms. The Morgan fingerprint density at radius 1 is 0.542 bits per heavy atom. The van der Waals surface area contributed by atoms with Crippen LogP contribution in [0.4, 0.5) is 0 Å². The van der Waals surface area contributed by atoms with Gasteiger partial charge in [0, 0.05) is 0 Å². The van der Waals surface area contributed by atoms with Crippen LogP contribution in [0.5, 0.6) is 0 Å². The van der Waals surface area contributed by atoms with Crippen LogP contribution in [0, 0.1) is 0 Å². The van der Waals surface area contributed by atoms with Crippen molar-refractivity contribution < 1.29 is 14.3 Å². The van der Waals surface area contributed by atoms with Gasteiger partial charge in [-0.3, -0.25) is 4.79 Å². The van der Waals surface area contributed by atoms with Gasteiger partial charge in [-0.1, -0.05) is 147 Å². The van der Waals surface area contributed by atoms with E-state index in [1.807, 2.05) is 27.7 Å². The monoisotopic (exact) mass is 676 g/mol. The van der Waals surface area contributed by atoms with Crippen LogP contribution in [-0.2, 0) is 14.3 Å². The molecule has 48 heavy (non-hydrogen) atoms. The number of ether oxygens (including phenoxy) is 2. The van der Waals surface area contributed by atoms with Gasteiger partial charge in [0.25, 0.3) is 0 Å². The van der Waals surface area contributed by atoms with Crippen LogP contribution in [0.2, 0.25) is 0 Å². The van der Waals surface area contributed by atoms with Crippen molar-refractivity contribution in [1.29, 1.82) is 0 Å². The summed E-state index contributed by atoms with van der Waals surface area (Å²) >= 11 is 0. The lowest BCUT2D eigenvalue weighted by Gasteiger charge is -2.29. The Morgan fingerprint density at radius 3 is 1.19 bits per heavy atom.